The van der Waals surface area contributed by atoms with Crippen molar-refractivity contribution in [1.82, 2.24) is 4.90 Å². The summed E-state index contributed by atoms with van der Waals surface area (Å²) in [5.74, 6) is 1.20. The molecule has 0 spiro atoms. The number of ether oxygens (including phenoxy) is 1. The predicted molar refractivity (Wildman–Crippen MR) is 121 cm³/mol. The number of methoxy groups -OCH3 is 1. The molecule has 1 aliphatic rings. The maximum absolute atomic E-state index is 13.1. The summed E-state index contributed by atoms with van der Waals surface area (Å²) < 4.78 is 10.8. The molecule has 0 radical (unpaired) electrons. The summed E-state index contributed by atoms with van der Waals surface area (Å²) in [7, 11) is 1.59. The van der Waals surface area contributed by atoms with Crippen molar-refractivity contribution in [2.75, 3.05) is 7.11 Å². The van der Waals surface area contributed by atoms with Crippen LogP contribution in [0.2, 0.25) is 0 Å². The number of amidine groups is 1. The molecule has 1 amide bonds. The predicted octanol–water partition coefficient (Wildman–Crippen LogP) is 4.50. The van der Waals surface area contributed by atoms with Crippen LogP contribution in [-0.4, -0.2) is 34.4 Å². The number of carbonyl (C=O) groups excluding carboxylic acids is 1. The summed E-state index contributed by atoms with van der Waals surface area (Å²) in [5, 5.41) is 18.6. The number of amides is 1. The van der Waals surface area contributed by atoms with Crippen molar-refractivity contribution in [2.45, 2.75) is 6.54 Å². The van der Waals surface area contributed by atoms with E-state index >= 15 is 0 Å². The number of rotatable bonds is 6. The second-order valence-corrected chi connectivity index (χ2v) is 7.52. The molecule has 0 saturated carbocycles. The summed E-state index contributed by atoms with van der Waals surface area (Å²) in [6, 6.07) is 17.8. The molecule has 1 fully saturated rings. The maximum Gasteiger partial charge on any atom is 0.267 e. The van der Waals surface area contributed by atoms with Gasteiger partial charge in [0.15, 0.2) is 5.17 Å². The van der Waals surface area contributed by atoms with Crippen LogP contribution < -0.4 is 4.74 Å². The number of benzene rings is 2. The van der Waals surface area contributed by atoms with Crippen molar-refractivity contribution in [3.8, 4) is 11.5 Å². The third kappa shape index (κ3) is 4.70. The smallest absolute Gasteiger partial charge is 0.267 e. The molecule has 4 rings (SSSR count). The highest BCUT2D eigenvalue weighted by atomic mass is 32.2. The van der Waals surface area contributed by atoms with Gasteiger partial charge in [0.1, 0.15) is 17.3 Å². The number of phenolic OH excluding ortho intramolecular Hbond substituents is 1. The average Bonchev–Trinajstić information content (AvgIpc) is 3.40. The summed E-state index contributed by atoms with van der Waals surface area (Å²) in [5.41, 5.74) is 1.32. The molecule has 0 unspecified atom stereocenters. The Morgan fingerprint density at radius 1 is 1.10 bits per heavy atom. The van der Waals surface area contributed by atoms with Gasteiger partial charge < -0.3 is 14.3 Å². The largest absolute Gasteiger partial charge is 0.507 e. The van der Waals surface area contributed by atoms with Crippen LogP contribution in [0.3, 0.4) is 0 Å². The summed E-state index contributed by atoms with van der Waals surface area (Å²) >= 11 is 1.22. The van der Waals surface area contributed by atoms with Gasteiger partial charge in [0, 0.05) is 11.1 Å². The first-order chi connectivity index (χ1) is 15.2. The Hall–Kier alpha value is -3.78. The summed E-state index contributed by atoms with van der Waals surface area (Å²) in [6.45, 7) is 0.229. The Balaban J connectivity index is 1.65. The zero-order valence-corrected chi connectivity index (χ0v) is 17.5. The Bertz CT molecular complexity index is 1170. The van der Waals surface area contributed by atoms with Crippen molar-refractivity contribution in [3.05, 3.63) is 88.7 Å². The lowest BCUT2D eigenvalue weighted by Gasteiger charge is -2.12. The lowest BCUT2D eigenvalue weighted by molar-refractivity contribution is -0.122. The number of furan rings is 1. The lowest BCUT2D eigenvalue weighted by Crippen LogP contribution is -2.28. The number of thioether (sulfide) groups is 1. The van der Waals surface area contributed by atoms with Gasteiger partial charge in [-0.3, -0.25) is 9.69 Å². The highest BCUT2D eigenvalue weighted by Crippen LogP contribution is 2.35. The number of phenols is 1. The van der Waals surface area contributed by atoms with E-state index < -0.39 is 0 Å². The zero-order valence-electron chi connectivity index (χ0n) is 16.6. The zero-order chi connectivity index (χ0) is 21.6. The standard InChI is InChI=1S/C23H19N3O4S/c1-29-20-11-5-3-7-16(20)13-21-22(28)26(15-18-9-6-12-30-18)23(31-21)25-24-14-17-8-2-4-10-19(17)27/h2-14,27H,15H2,1H3/b21-13-,24-14-,25-23+. The molecule has 2 aromatic carbocycles. The molecule has 7 nitrogen and oxygen atoms in total. The third-order valence-electron chi connectivity index (χ3n) is 4.48. The quantitative estimate of drug-likeness (QED) is 0.351. The molecule has 156 valence electrons. The Morgan fingerprint density at radius 3 is 2.61 bits per heavy atom. The van der Waals surface area contributed by atoms with E-state index in [0.717, 1.165) is 5.56 Å². The molecule has 2 heterocycles. The molecule has 1 aromatic heterocycles. The second kappa shape index (κ2) is 9.36. The first-order valence-electron chi connectivity index (χ1n) is 9.41. The van der Waals surface area contributed by atoms with Gasteiger partial charge in [-0.25, -0.2) is 0 Å². The molecule has 0 aliphatic carbocycles. The van der Waals surface area contributed by atoms with Crippen LogP contribution in [0.4, 0.5) is 0 Å². The number of nitrogens with zero attached hydrogens (tertiary/aromatic N) is 3. The molecule has 0 atom stereocenters. The lowest BCUT2D eigenvalue weighted by atomic mass is 10.2. The van der Waals surface area contributed by atoms with Gasteiger partial charge in [-0.15, -0.1) is 5.10 Å². The fourth-order valence-electron chi connectivity index (χ4n) is 2.94. The number of carbonyl (C=O) groups is 1. The van der Waals surface area contributed by atoms with Crippen LogP contribution in [0.25, 0.3) is 6.08 Å². The Kier molecular flexibility index (Phi) is 6.18. The monoisotopic (exact) mass is 433 g/mol. The first-order valence-corrected chi connectivity index (χ1v) is 10.2. The molecule has 3 aromatic rings. The van der Waals surface area contributed by atoms with Gasteiger partial charge in [-0.05, 0) is 48.2 Å². The van der Waals surface area contributed by atoms with Crippen LogP contribution in [0.1, 0.15) is 16.9 Å². The van der Waals surface area contributed by atoms with Crippen LogP contribution in [0, 0.1) is 0 Å². The van der Waals surface area contributed by atoms with Crippen LogP contribution in [0.5, 0.6) is 11.5 Å². The Morgan fingerprint density at radius 2 is 1.87 bits per heavy atom. The summed E-state index contributed by atoms with van der Waals surface area (Å²) in [6.07, 6.45) is 4.78. The van der Waals surface area contributed by atoms with Gasteiger partial charge in [0.25, 0.3) is 5.91 Å². The van der Waals surface area contributed by atoms with E-state index in [2.05, 4.69) is 10.2 Å². The van der Waals surface area contributed by atoms with Crippen molar-refractivity contribution in [2.24, 2.45) is 10.2 Å². The number of hydrogen-bond donors (Lipinski definition) is 1. The second-order valence-electron chi connectivity index (χ2n) is 6.51. The molecule has 1 N–H and O–H groups in total. The maximum atomic E-state index is 13.1. The molecular weight excluding hydrogens is 414 g/mol. The van der Waals surface area contributed by atoms with E-state index in [4.69, 9.17) is 9.15 Å². The highest BCUT2D eigenvalue weighted by Gasteiger charge is 2.34. The minimum absolute atomic E-state index is 0.103. The third-order valence-corrected chi connectivity index (χ3v) is 5.48. The summed E-state index contributed by atoms with van der Waals surface area (Å²) in [4.78, 5) is 15.1. The van der Waals surface area contributed by atoms with Crippen molar-refractivity contribution < 1.29 is 19.1 Å². The SMILES string of the molecule is COc1ccccc1/C=C1\S/C(=N/N=C\c2ccccc2O)N(Cc2ccco2)C1=O. The fraction of sp³-hybridized carbons (Fsp3) is 0.0870. The van der Waals surface area contributed by atoms with Crippen LogP contribution in [0.15, 0.2) is 86.5 Å². The molecule has 8 heteroatoms. The molecule has 1 saturated heterocycles. The van der Waals surface area contributed by atoms with Gasteiger partial charge >= 0.3 is 0 Å². The van der Waals surface area contributed by atoms with E-state index in [-0.39, 0.29) is 18.2 Å². The Labute approximate surface area is 183 Å². The van der Waals surface area contributed by atoms with E-state index in [0.29, 0.717) is 27.1 Å². The van der Waals surface area contributed by atoms with Crippen LogP contribution >= 0.6 is 11.8 Å². The van der Waals surface area contributed by atoms with Crippen molar-refractivity contribution in [1.29, 1.82) is 0 Å². The van der Waals surface area contributed by atoms with Gasteiger partial charge in [-0.2, -0.15) is 5.10 Å². The molecule has 1 aliphatic heterocycles. The van der Waals surface area contributed by atoms with E-state index in [1.807, 2.05) is 24.3 Å². The van der Waals surface area contributed by atoms with Crippen molar-refractivity contribution >= 4 is 35.1 Å². The van der Waals surface area contributed by atoms with E-state index in [1.165, 1.54) is 22.9 Å². The minimum atomic E-state index is -0.205. The van der Waals surface area contributed by atoms with Crippen LogP contribution in [-0.2, 0) is 11.3 Å². The van der Waals surface area contributed by atoms with E-state index in [9.17, 15) is 9.90 Å². The van der Waals surface area contributed by atoms with Gasteiger partial charge in [-0.1, -0.05) is 30.3 Å². The van der Waals surface area contributed by atoms with Gasteiger partial charge in [0.2, 0.25) is 0 Å². The minimum Gasteiger partial charge on any atom is -0.507 e. The number of para-hydroxylation sites is 2. The normalized spacial score (nSPS) is 16.7. The number of hydrogen-bond acceptors (Lipinski definition) is 7. The molecule has 0 bridgehead atoms. The topological polar surface area (TPSA) is 87.6 Å². The molecule has 31 heavy (non-hydrogen) atoms. The first kappa shape index (κ1) is 20.5. The molecular formula is C23H19N3O4S. The van der Waals surface area contributed by atoms with Gasteiger partial charge in [0.05, 0.1) is 31.0 Å². The van der Waals surface area contributed by atoms with E-state index in [1.54, 1.807) is 55.8 Å². The fourth-order valence-corrected chi connectivity index (χ4v) is 3.87. The average molecular weight is 433 g/mol. The number of aromatic hydroxyl groups is 1. The highest BCUT2D eigenvalue weighted by molar-refractivity contribution is 8.18. The van der Waals surface area contributed by atoms with Crippen molar-refractivity contribution in [3.63, 3.8) is 0 Å².